The van der Waals surface area contributed by atoms with Crippen molar-refractivity contribution in [1.82, 2.24) is 4.90 Å². The number of rotatable bonds is 8. The van der Waals surface area contributed by atoms with Crippen LogP contribution in [0.3, 0.4) is 0 Å². The van der Waals surface area contributed by atoms with E-state index >= 15 is 0 Å². The lowest BCUT2D eigenvalue weighted by Gasteiger charge is -2.23. The molecule has 0 bridgehead atoms. The highest BCUT2D eigenvalue weighted by Crippen LogP contribution is 2.14. The maximum Gasteiger partial charge on any atom is 0.222 e. The first-order chi connectivity index (χ1) is 9.95. The standard InChI is InChI=1S/C16H24N2O3.ClH/c1-12(11-17)18(3)16(20)8-5-9-21-15-7-4-6-14(10-15)13(2)19;/h4,6-7,10,12H,5,8-9,11,17H2,1-3H3;1H. The molecule has 0 fully saturated rings. The summed E-state index contributed by atoms with van der Waals surface area (Å²) in [4.78, 5) is 24.8. The minimum Gasteiger partial charge on any atom is -0.494 e. The van der Waals surface area contributed by atoms with Crippen LogP contribution in [0, 0.1) is 0 Å². The Hall–Kier alpha value is -1.59. The Morgan fingerprint density at radius 2 is 2.05 bits per heavy atom. The number of ether oxygens (including phenoxy) is 1. The van der Waals surface area contributed by atoms with Gasteiger partial charge in [0.25, 0.3) is 0 Å². The van der Waals surface area contributed by atoms with E-state index in [2.05, 4.69) is 0 Å². The second-order valence-electron chi connectivity index (χ2n) is 5.13. The first-order valence-corrected chi connectivity index (χ1v) is 7.15. The van der Waals surface area contributed by atoms with Crippen LogP contribution in [0.15, 0.2) is 24.3 Å². The van der Waals surface area contributed by atoms with Gasteiger partial charge in [0.05, 0.1) is 6.61 Å². The quantitative estimate of drug-likeness (QED) is 0.587. The van der Waals surface area contributed by atoms with Crippen LogP contribution >= 0.6 is 12.4 Å². The number of nitrogens with zero attached hydrogens (tertiary/aromatic N) is 1. The molecule has 2 N–H and O–H groups in total. The van der Waals surface area contributed by atoms with Gasteiger partial charge in [0.1, 0.15) is 5.75 Å². The van der Waals surface area contributed by atoms with Crippen LogP contribution in [0.1, 0.15) is 37.0 Å². The van der Waals surface area contributed by atoms with Gasteiger partial charge in [-0.3, -0.25) is 9.59 Å². The van der Waals surface area contributed by atoms with Crippen molar-refractivity contribution in [3.05, 3.63) is 29.8 Å². The highest BCUT2D eigenvalue weighted by atomic mass is 35.5. The molecule has 124 valence electrons. The third-order valence-electron chi connectivity index (χ3n) is 3.44. The van der Waals surface area contributed by atoms with E-state index < -0.39 is 0 Å². The van der Waals surface area contributed by atoms with Crippen LogP contribution < -0.4 is 10.5 Å². The van der Waals surface area contributed by atoms with E-state index in [0.717, 1.165) is 0 Å². The molecule has 1 aromatic rings. The molecule has 0 spiro atoms. The lowest BCUT2D eigenvalue weighted by molar-refractivity contribution is -0.131. The van der Waals surface area contributed by atoms with Crippen molar-refractivity contribution in [2.45, 2.75) is 32.7 Å². The van der Waals surface area contributed by atoms with Crippen LogP contribution in [0.2, 0.25) is 0 Å². The first-order valence-electron chi connectivity index (χ1n) is 7.15. The van der Waals surface area contributed by atoms with Crippen LogP contribution in [0.25, 0.3) is 0 Å². The number of ketones is 1. The summed E-state index contributed by atoms with van der Waals surface area (Å²) in [5.41, 5.74) is 6.16. The maximum atomic E-state index is 11.9. The minimum absolute atomic E-state index is 0. The van der Waals surface area contributed by atoms with Crippen molar-refractivity contribution in [3.63, 3.8) is 0 Å². The van der Waals surface area contributed by atoms with Gasteiger partial charge in [0.15, 0.2) is 5.78 Å². The number of carbonyl (C=O) groups excluding carboxylic acids is 2. The van der Waals surface area contributed by atoms with Gasteiger partial charge in [0.2, 0.25) is 5.91 Å². The molecule has 1 atom stereocenters. The zero-order valence-electron chi connectivity index (χ0n) is 13.4. The maximum absolute atomic E-state index is 11.9. The van der Waals surface area contributed by atoms with Gasteiger partial charge in [-0.05, 0) is 32.4 Å². The second-order valence-corrected chi connectivity index (χ2v) is 5.13. The van der Waals surface area contributed by atoms with E-state index in [9.17, 15) is 9.59 Å². The van der Waals surface area contributed by atoms with Crippen molar-refractivity contribution >= 4 is 24.1 Å². The SMILES string of the molecule is CC(=O)c1cccc(OCCCC(=O)N(C)C(C)CN)c1.Cl. The first kappa shape index (κ1) is 20.4. The lowest BCUT2D eigenvalue weighted by atomic mass is 10.1. The van der Waals surface area contributed by atoms with E-state index in [-0.39, 0.29) is 30.1 Å². The summed E-state index contributed by atoms with van der Waals surface area (Å²) < 4.78 is 5.57. The molecule has 0 aromatic heterocycles. The van der Waals surface area contributed by atoms with Gasteiger partial charge in [-0.2, -0.15) is 0 Å². The molecule has 0 saturated carbocycles. The van der Waals surface area contributed by atoms with Crippen molar-refractivity contribution < 1.29 is 14.3 Å². The molecule has 0 aliphatic carbocycles. The van der Waals surface area contributed by atoms with Crippen LogP contribution in [-0.4, -0.2) is 42.8 Å². The van der Waals surface area contributed by atoms with Crippen LogP contribution in [-0.2, 0) is 4.79 Å². The van der Waals surface area contributed by atoms with E-state index in [1.54, 1.807) is 36.2 Å². The number of likely N-dealkylation sites (N-methyl/N-ethyl adjacent to an activating group) is 1. The van der Waals surface area contributed by atoms with Gasteiger partial charge in [-0.1, -0.05) is 12.1 Å². The summed E-state index contributed by atoms with van der Waals surface area (Å²) in [7, 11) is 1.76. The minimum atomic E-state index is 0. The van der Waals surface area contributed by atoms with E-state index in [0.29, 0.717) is 37.3 Å². The molecule has 5 nitrogen and oxygen atoms in total. The molecule has 1 aromatic carbocycles. The Morgan fingerprint density at radius 3 is 2.64 bits per heavy atom. The molecule has 1 amide bonds. The Morgan fingerprint density at radius 1 is 1.36 bits per heavy atom. The normalized spacial score (nSPS) is 11.3. The smallest absolute Gasteiger partial charge is 0.222 e. The number of amides is 1. The Labute approximate surface area is 138 Å². The zero-order chi connectivity index (χ0) is 15.8. The van der Waals surface area contributed by atoms with Gasteiger partial charge in [-0.15, -0.1) is 12.4 Å². The number of benzene rings is 1. The largest absolute Gasteiger partial charge is 0.494 e. The number of carbonyl (C=O) groups is 2. The average molecular weight is 329 g/mol. The van der Waals surface area contributed by atoms with E-state index in [1.165, 1.54) is 6.92 Å². The highest BCUT2D eigenvalue weighted by molar-refractivity contribution is 5.94. The predicted octanol–water partition coefficient (Wildman–Crippen LogP) is 2.28. The Balaban J connectivity index is 0.00000441. The summed E-state index contributed by atoms with van der Waals surface area (Å²) >= 11 is 0. The topological polar surface area (TPSA) is 72.6 Å². The number of nitrogens with two attached hydrogens (primary N) is 1. The molecule has 0 aliphatic rings. The zero-order valence-corrected chi connectivity index (χ0v) is 14.2. The van der Waals surface area contributed by atoms with Crippen molar-refractivity contribution in [2.75, 3.05) is 20.2 Å². The van der Waals surface area contributed by atoms with Crippen molar-refractivity contribution in [1.29, 1.82) is 0 Å². The molecular formula is C16H25ClN2O3. The van der Waals surface area contributed by atoms with Crippen molar-refractivity contribution in [3.8, 4) is 5.75 Å². The van der Waals surface area contributed by atoms with E-state index in [1.807, 2.05) is 6.92 Å². The number of hydrogen-bond donors (Lipinski definition) is 1. The molecule has 1 rings (SSSR count). The summed E-state index contributed by atoms with van der Waals surface area (Å²) in [6, 6.07) is 7.10. The van der Waals surface area contributed by atoms with E-state index in [4.69, 9.17) is 10.5 Å². The number of halogens is 1. The lowest BCUT2D eigenvalue weighted by Crippen LogP contribution is -2.39. The molecule has 22 heavy (non-hydrogen) atoms. The Bertz CT molecular complexity index is 494. The molecule has 0 saturated heterocycles. The third kappa shape index (κ3) is 6.45. The fourth-order valence-electron chi connectivity index (χ4n) is 1.80. The van der Waals surface area contributed by atoms with Gasteiger partial charge in [-0.25, -0.2) is 0 Å². The fraction of sp³-hybridized carbons (Fsp3) is 0.500. The van der Waals surface area contributed by atoms with Gasteiger partial charge >= 0.3 is 0 Å². The molecule has 0 heterocycles. The van der Waals surface area contributed by atoms with Gasteiger partial charge in [0, 0.05) is 31.6 Å². The molecule has 0 radical (unpaired) electrons. The van der Waals surface area contributed by atoms with Crippen LogP contribution in [0.4, 0.5) is 0 Å². The molecular weight excluding hydrogens is 304 g/mol. The summed E-state index contributed by atoms with van der Waals surface area (Å²) in [6.07, 6.45) is 1.05. The summed E-state index contributed by atoms with van der Waals surface area (Å²) in [5, 5.41) is 0. The van der Waals surface area contributed by atoms with Crippen molar-refractivity contribution in [2.24, 2.45) is 5.73 Å². The molecule has 6 heteroatoms. The number of hydrogen-bond acceptors (Lipinski definition) is 4. The van der Waals surface area contributed by atoms with Crippen LogP contribution in [0.5, 0.6) is 5.75 Å². The van der Waals surface area contributed by atoms with Gasteiger partial charge < -0.3 is 15.4 Å². The predicted molar refractivity (Wildman–Crippen MR) is 89.7 cm³/mol. The second kappa shape index (κ2) is 10.2. The highest BCUT2D eigenvalue weighted by Gasteiger charge is 2.13. The third-order valence-corrected chi connectivity index (χ3v) is 3.44. The summed E-state index contributed by atoms with van der Waals surface area (Å²) in [6.45, 7) is 4.34. The number of Topliss-reactive ketones (excluding diaryl/α,β-unsaturated/α-hetero) is 1. The molecule has 0 aliphatic heterocycles. The Kier molecular flexibility index (Phi) is 9.45. The molecule has 1 unspecified atom stereocenters. The monoisotopic (exact) mass is 328 g/mol. The summed E-state index contributed by atoms with van der Waals surface area (Å²) in [5.74, 6) is 0.723. The average Bonchev–Trinajstić information content (AvgIpc) is 2.50. The fourth-order valence-corrected chi connectivity index (χ4v) is 1.80.